The van der Waals surface area contributed by atoms with E-state index in [2.05, 4.69) is 32.4 Å². The molecule has 0 amide bonds. The van der Waals surface area contributed by atoms with Gasteiger partial charge in [-0.3, -0.25) is 15.0 Å². The molecule has 8 heteroatoms. The quantitative estimate of drug-likeness (QED) is 0.583. The molecule has 0 radical (unpaired) electrons. The molecule has 21 heavy (non-hydrogen) atoms. The fourth-order valence-corrected chi connectivity index (χ4v) is 2.53. The number of aromatic nitrogens is 2. The molecular weight excluding hydrogens is 272 g/mol. The van der Waals surface area contributed by atoms with Gasteiger partial charge in [0.25, 0.3) is 0 Å². The minimum Gasteiger partial charge on any atom is -0.364 e. The summed E-state index contributed by atoms with van der Waals surface area (Å²) in [6.07, 6.45) is 3.79. The first-order chi connectivity index (χ1) is 10.1. The van der Waals surface area contributed by atoms with Gasteiger partial charge in [0, 0.05) is 19.1 Å². The first-order valence-corrected chi connectivity index (χ1v) is 7.34. The third kappa shape index (κ3) is 3.78. The Kier molecular flexibility index (Phi) is 5.26. The molecule has 1 atom stereocenters. The van der Waals surface area contributed by atoms with E-state index in [0.29, 0.717) is 19.1 Å². The molecule has 2 N–H and O–H groups in total. The molecule has 1 saturated heterocycles. The Hall–Kier alpha value is -1.96. The molecule has 0 aromatic carbocycles. The highest BCUT2D eigenvalue weighted by Crippen LogP contribution is 2.28. The van der Waals surface area contributed by atoms with Gasteiger partial charge in [-0.25, -0.2) is 9.97 Å². The van der Waals surface area contributed by atoms with Crippen LogP contribution in [0, 0.1) is 10.1 Å². The van der Waals surface area contributed by atoms with Gasteiger partial charge in [-0.15, -0.1) is 0 Å². The predicted molar refractivity (Wildman–Crippen MR) is 81.6 cm³/mol. The third-order valence-corrected chi connectivity index (χ3v) is 3.68. The Bertz CT molecular complexity index is 490. The lowest BCUT2D eigenvalue weighted by Gasteiger charge is -2.24. The molecule has 1 aromatic heterocycles. The molecule has 8 nitrogen and oxygen atoms in total. The molecule has 0 spiro atoms. The van der Waals surface area contributed by atoms with E-state index in [1.807, 2.05) is 6.92 Å². The lowest BCUT2D eigenvalue weighted by molar-refractivity contribution is -0.383. The van der Waals surface area contributed by atoms with E-state index >= 15 is 0 Å². The summed E-state index contributed by atoms with van der Waals surface area (Å²) >= 11 is 0. The number of likely N-dealkylation sites (tertiary alicyclic amines) is 1. The normalized spacial score (nSPS) is 16.7. The van der Waals surface area contributed by atoms with Crippen molar-refractivity contribution in [3.63, 3.8) is 0 Å². The summed E-state index contributed by atoms with van der Waals surface area (Å²) < 4.78 is 0. The molecule has 1 unspecified atom stereocenters. The van der Waals surface area contributed by atoms with Crippen LogP contribution in [0.3, 0.4) is 0 Å². The number of nitro groups is 1. The third-order valence-electron chi connectivity index (χ3n) is 3.68. The zero-order valence-corrected chi connectivity index (χ0v) is 12.5. The van der Waals surface area contributed by atoms with E-state index in [1.54, 1.807) is 0 Å². The van der Waals surface area contributed by atoms with Crippen molar-refractivity contribution in [3.8, 4) is 0 Å². The summed E-state index contributed by atoms with van der Waals surface area (Å²) in [5.41, 5.74) is -0.0898. The summed E-state index contributed by atoms with van der Waals surface area (Å²) in [5, 5.41) is 17.2. The van der Waals surface area contributed by atoms with E-state index in [9.17, 15) is 10.1 Å². The van der Waals surface area contributed by atoms with Crippen LogP contribution in [-0.2, 0) is 0 Å². The summed E-state index contributed by atoms with van der Waals surface area (Å²) in [7, 11) is 0. The zero-order chi connectivity index (χ0) is 15.2. The number of nitrogens with one attached hydrogen (secondary N) is 2. The van der Waals surface area contributed by atoms with Gasteiger partial charge >= 0.3 is 5.69 Å². The van der Waals surface area contributed by atoms with E-state index in [-0.39, 0.29) is 17.3 Å². The summed E-state index contributed by atoms with van der Waals surface area (Å²) in [6.45, 7) is 7.38. The molecular formula is C13H22N6O2. The van der Waals surface area contributed by atoms with Crippen LogP contribution in [0.2, 0.25) is 0 Å². The van der Waals surface area contributed by atoms with Crippen LogP contribution >= 0.6 is 0 Å². The zero-order valence-electron chi connectivity index (χ0n) is 12.5. The Morgan fingerprint density at radius 1 is 1.33 bits per heavy atom. The SMILES string of the molecule is CCNc1ncnc(NCC(C)N2CCCC2)c1[N+](=O)[O-]. The number of hydrogen-bond acceptors (Lipinski definition) is 7. The first kappa shape index (κ1) is 15.4. The van der Waals surface area contributed by atoms with E-state index in [4.69, 9.17) is 0 Å². The lowest BCUT2D eigenvalue weighted by atomic mass is 10.3. The predicted octanol–water partition coefficient (Wildman–Crippen LogP) is 1.71. The van der Waals surface area contributed by atoms with E-state index in [0.717, 1.165) is 13.1 Å². The van der Waals surface area contributed by atoms with Gasteiger partial charge in [-0.1, -0.05) is 0 Å². The molecule has 0 bridgehead atoms. The van der Waals surface area contributed by atoms with Crippen LogP contribution in [0.5, 0.6) is 0 Å². The first-order valence-electron chi connectivity index (χ1n) is 7.34. The van der Waals surface area contributed by atoms with Crippen LogP contribution in [-0.4, -0.2) is 52.0 Å². The van der Waals surface area contributed by atoms with Gasteiger partial charge in [-0.05, 0) is 39.8 Å². The summed E-state index contributed by atoms with van der Waals surface area (Å²) in [5.74, 6) is 0.533. The largest absolute Gasteiger partial charge is 0.364 e. The van der Waals surface area contributed by atoms with Crippen molar-refractivity contribution in [1.82, 2.24) is 14.9 Å². The molecule has 1 aromatic rings. The topological polar surface area (TPSA) is 96.2 Å². The monoisotopic (exact) mass is 294 g/mol. The van der Waals surface area contributed by atoms with Crippen molar-refractivity contribution in [2.45, 2.75) is 32.7 Å². The molecule has 0 saturated carbocycles. The molecule has 2 rings (SSSR count). The van der Waals surface area contributed by atoms with Crippen LogP contribution in [0.25, 0.3) is 0 Å². The van der Waals surface area contributed by atoms with E-state index < -0.39 is 4.92 Å². The Balaban J connectivity index is 2.08. The minimum atomic E-state index is -0.444. The van der Waals surface area contributed by atoms with Crippen molar-refractivity contribution in [2.24, 2.45) is 0 Å². The highest BCUT2D eigenvalue weighted by Gasteiger charge is 2.24. The second-order valence-electron chi connectivity index (χ2n) is 5.18. The van der Waals surface area contributed by atoms with E-state index in [1.165, 1.54) is 19.2 Å². The van der Waals surface area contributed by atoms with Gasteiger partial charge in [0.2, 0.25) is 11.6 Å². The molecule has 1 aliphatic heterocycles. The number of rotatable bonds is 7. The lowest BCUT2D eigenvalue weighted by Crippen LogP contribution is -2.35. The summed E-state index contributed by atoms with van der Waals surface area (Å²) in [4.78, 5) is 21.1. The van der Waals surface area contributed by atoms with Gasteiger partial charge in [0.15, 0.2) is 0 Å². The highest BCUT2D eigenvalue weighted by molar-refractivity contribution is 5.69. The van der Waals surface area contributed by atoms with Crippen molar-refractivity contribution >= 4 is 17.3 Å². The fraction of sp³-hybridized carbons (Fsp3) is 0.692. The molecule has 1 fully saturated rings. The average molecular weight is 294 g/mol. The maximum absolute atomic E-state index is 11.3. The molecule has 116 valence electrons. The number of anilines is 2. The minimum absolute atomic E-state index is 0.0898. The van der Waals surface area contributed by atoms with Crippen LogP contribution in [0.15, 0.2) is 6.33 Å². The van der Waals surface area contributed by atoms with Gasteiger partial charge in [0.1, 0.15) is 6.33 Å². The van der Waals surface area contributed by atoms with Crippen molar-refractivity contribution in [3.05, 3.63) is 16.4 Å². The second kappa shape index (κ2) is 7.16. The fourth-order valence-electron chi connectivity index (χ4n) is 2.53. The molecule has 1 aliphatic rings. The Morgan fingerprint density at radius 3 is 2.52 bits per heavy atom. The Morgan fingerprint density at radius 2 is 1.95 bits per heavy atom. The smallest absolute Gasteiger partial charge is 0.353 e. The van der Waals surface area contributed by atoms with Gasteiger partial charge < -0.3 is 10.6 Å². The molecule has 0 aliphatic carbocycles. The average Bonchev–Trinajstić information content (AvgIpc) is 2.99. The summed E-state index contributed by atoms with van der Waals surface area (Å²) in [6, 6.07) is 0.324. The second-order valence-corrected chi connectivity index (χ2v) is 5.18. The van der Waals surface area contributed by atoms with Gasteiger partial charge in [0.05, 0.1) is 4.92 Å². The number of hydrogen-bond donors (Lipinski definition) is 2. The van der Waals surface area contributed by atoms with Crippen LogP contribution < -0.4 is 10.6 Å². The standard InChI is InChI=1S/C13H22N6O2/c1-3-14-12-11(19(20)21)13(17-9-16-12)15-8-10(2)18-6-4-5-7-18/h9-10H,3-8H2,1-2H3,(H2,14,15,16,17). The van der Waals surface area contributed by atoms with Crippen molar-refractivity contribution in [2.75, 3.05) is 36.8 Å². The maximum Gasteiger partial charge on any atom is 0.353 e. The molecule has 2 heterocycles. The maximum atomic E-state index is 11.3. The van der Waals surface area contributed by atoms with Crippen molar-refractivity contribution in [1.29, 1.82) is 0 Å². The van der Waals surface area contributed by atoms with Gasteiger partial charge in [-0.2, -0.15) is 0 Å². The van der Waals surface area contributed by atoms with Crippen LogP contribution in [0.1, 0.15) is 26.7 Å². The highest BCUT2D eigenvalue weighted by atomic mass is 16.6. The van der Waals surface area contributed by atoms with Crippen molar-refractivity contribution < 1.29 is 4.92 Å². The number of nitrogens with zero attached hydrogens (tertiary/aromatic N) is 4. The van der Waals surface area contributed by atoms with Crippen LogP contribution in [0.4, 0.5) is 17.3 Å². The Labute approximate surface area is 124 Å².